The average molecular weight is 253 g/mol. The molecule has 0 atom stereocenters. The van der Waals surface area contributed by atoms with Gasteiger partial charge in [-0.25, -0.2) is 4.79 Å². The zero-order valence-corrected chi connectivity index (χ0v) is 10.3. The fourth-order valence-corrected chi connectivity index (χ4v) is 1.43. The summed E-state index contributed by atoms with van der Waals surface area (Å²) in [4.78, 5) is 22.1. The van der Waals surface area contributed by atoms with E-state index < -0.39 is 10.9 Å². The Balaban J connectivity index is 3.03. The lowest BCUT2D eigenvalue weighted by molar-refractivity contribution is -0.385. The van der Waals surface area contributed by atoms with Crippen LogP contribution >= 0.6 is 0 Å². The largest absolute Gasteiger partial charge is 0.496 e. The molecule has 0 saturated heterocycles. The van der Waals surface area contributed by atoms with Crippen molar-refractivity contribution in [2.75, 3.05) is 13.7 Å². The van der Waals surface area contributed by atoms with Gasteiger partial charge in [-0.05, 0) is 12.5 Å². The van der Waals surface area contributed by atoms with Gasteiger partial charge in [0, 0.05) is 6.07 Å². The first kappa shape index (κ1) is 14.0. The maximum Gasteiger partial charge on any atom is 0.349 e. The molecule has 1 rings (SSSR count). The Hall–Kier alpha value is -2.11. The van der Waals surface area contributed by atoms with E-state index in [1.165, 1.54) is 25.3 Å². The van der Waals surface area contributed by atoms with E-state index in [1.807, 2.05) is 6.92 Å². The summed E-state index contributed by atoms with van der Waals surface area (Å²) in [5.41, 5.74) is -0.447. The van der Waals surface area contributed by atoms with Crippen molar-refractivity contribution >= 4 is 11.7 Å². The normalized spacial score (nSPS) is 9.89. The van der Waals surface area contributed by atoms with Crippen LogP contribution in [0.15, 0.2) is 18.2 Å². The van der Waals surface area contributed by atoms with Crippen LogP contribution in [0, 0.1) is 10.1 Å². The monoisotopic (exact) mass is 253 g/mol. The van der Waals surface area contributed by atoms with Gasteiger partial charge in [-0.2, -0.15) is 0 Å². The molecule has 0 aliphatic heterocycles. The molecule has 0 radical (unpaired) electrons. The molecule has 0 saturated carbocycles. The molecule has 0 heterocycles. The first-order chi connectivity index (χ1) is 8.61. The van der Waals surface area contributed by atoms with Crippen molar-refractivity contribution in [1.29, 1.82) is 0 Å². The molecule has 0 unspecified atom stereocenters. The first-order valence-corrected chi connectivity index (χ1v) is 5.60. The number of hydrogen-bond donors (Lipinski definition) is 0. The molecule has 0 N–H and O–H groups in total. The second kappa shape index (κ2) is 6.58. The van der Waals surface area contributed by atoms with Gasteiger partial charge in [-0.1, -0.05) is 19.4 Å². The van der Waals surface area contributed by atoms with Crippen molar-refractivity contribution in [2.24, 2.45) is 0 Å². The lowest BCUT2D eigenvalue weighted by atomic mass is 10.1. The number of carbonyl (C=O) groups is 1. The van der Waals surface area contributed by atoms with Crippen molar-refractivity contribution in [3.63, 3.8) is 0 Å². The molecule has 18 heavy (non-hydrogen) atoms. The van der Waals surface area contributed by atoms with Gasteiger partial charge in [0.2, 0.25) is 0 Å². The molecule has 0 aliphatic rings. The summed E-state index contributed by atoms with van der Waals surface area (Å²) >= 11 is 0. The number of methoxy groups -OCH3 is 1. The highest BCUT2D eigenvalue weighted by Crippen LogP contribution is 2.28. The lowest BCUT2D eigenvalue weighted by Crippen LogP contribution is -2.10. The van der Waals surface area contributed by atoms with Crippen LogP contribution in [0.1, 0.15) is 30.1 Å². The van der Waals surface area contributed by atoms with E-state index in [-0.39, 0.29) is 23.6 Å². The Morgan fingerprint density at radius 3 is 2.72 bits per heavy atom. The summed E-state index contributed by atoms with van der Waals surface area (Å²) in [6.45, 7) is 2.20. The van der Waals surface area contributed by atoms with E-state index in [0.717, 1.165) is 6.42 Å². The fourth-order valence-electron chi connectivity index (χ4n) is 1.43. The topological polar surface area (TPSA) is 78.7 Å². The minimum atomic E-state index is -0.729. The van der Waals surface area contributed by atoms with Crippen LogP contribution in [0.5, 0.6) is 5.75 Å². The number of hydrogen-bond acceptors (Lipinski definition) is 5. The maximum atomic E-state index is 11.8. The van der Waals surface area contributed by atoms with Gasteiger partial charge in [-0.3, -0.25) is 10.1 Å². The van der Waals surface area contributed by atoms with Crippen molar-refractivity contribution in [3.05, 3.63) is 33.9 Å². The van der Waals surface area contributed by atoms with Gasteiger partial charge in [0.25, 0.3) is 5.69 Å². The number of esters is 1. The van der Waals surface area contributed by atoms with Gasteiger partial charge >= 0.3 is 5.97 Å². The molecule has 6 nitrogen and oxygen atoms in total. The van der Waals surface area contributed by atoms with E-state index in [2.05, 4.69) is 0 Å². The maximum absolute atomic E-state index is 11.8. The van der Waals surface area contributed by atoms with Gasteiger partial charge in [0.15, 0.2) is 5.56 Å². The second-order valence-electron chi connectivity index (χ2n) is 3.60. The van der Waals surface area contributed by atoms with Crippen LogP contribution in [-0.2, 0) is 4.74 Å². The summed E-state index contributed by atoms with van der Waals surface area (Å²) in [5.74, 6) is -0.585. The average Bonchev–Trinajstić information content (AvgIpc) is 2.37. The van der Waals surface area contributed by atoms with Gasteiger partial charge in [0.1, 0.15) is 5.75 Å². The Morgan fingerprint density at radius 1 is 1.44 bits per heavy atom. The van der Waals surface area contributed by atoms with Crippen LogP contribution in [0.4, 0.5) is 5.69 Å². The van der Waals surface area contributed by atoms with E-state index in [4.69, 9.17) is 9.47 Å². The lowest BCUT2D eigenvalue weighted by Gasteiger charge is -2.08. The standard InChI is InChI=1S/C12H15NO5/c1-3-4-8-18-12(14)11-9(13(15)16)6-5-7-10(11)17-2/h5-7H,3-4,8H2,1-2H3. The third kappa shape index (κ3) is 3.19. The quantitative estimate of drug-likeness (QED) is 0.337. The summed E-state index contributed by atoms with van der Waals surface area (Å²) < 4.78 is 9.94. The number of nitro benzene ring substituents is 1. The van der Waals surface area contributed by atoms with Crippen LogP contribution in [0.2, 0.25) is 0 Å². The van der Waals surface area contributed by atoms with Crippen molar-refractivity contribution in [3.8, 4) is 5.75 Å². The fraction of sp³-hybridized carbons (Fsp3) is 0.417. The Kier molecular flexibility index (Phi) is 5.10. The molecule has 1 aromatic rings. The van der Waals surface area contributed by atoms with E-state index in [9.17, 15) is 14.9 Å². The van der Waals surface area contributed by atoms with Gasteiger partial charge in [-0.15, -0.1) is 0 Å². The molecule has 1 aromatic carbocycles. The summed E-state index contributed by atoms with van der Waals surface area (Å²) in [7, 11) is 1.35. The van der Waals surface area contributed by atoms with Crippen molar-refractivity contribution in [1.82, 2.24) is 0 Å². The third-order valence-electron chi connectivity index (χ3n) is 2.36. The number of nitro groups is 1. The van der Waals surface area contributed by atoms with Crippen molar-refractivity contribution < 1.29 is 19.2 Å². The molecule has 0 fully saturated rings. The molecule has 6 heteroatoms. The third-order valence-corrected chi connectivity index (χ3v) is 2.36. The van der Waals surface area contributed by atoms with Crippen LogP contribution in [-0.4, -0.2) is 24.6 Å². The van der Waals surface area contributed by atoms with E-state index in [1.54, 1.807) is 0 Å². The van der Waals surface area contributed by atoms with Crippen LogP contribution in [0.3, 0.4) is 0 Å². The second-order valence-corrected chi connectivity index (χ2v) is 3.60. The number of unbranched alkanes of at least 4 members (excludes halogenated alkanes) is 1. The highest BCUT2D eigenvalue weighted by Gasteiger charge is 2.25. The zero-order valence-electron chi connectivity index (χ0n) is 10.3. The zero-order chi connectivity index (χ0) is 13.5. The number of ether oxygens (including phenoxy) is 2. The summed E-state index contributed by atoms with van der Waals surface area (Å²) in [5, 5.41) is 10.9. The highest BCUT2D eigenvalue weighted by atomic mass is 16.6. The SMILES string of the molecule is CCCCOC(=O)c1c(OC)cccc1[N+](=O)[O-]. The van der Waals surface area contributed by atoms with Gasteiger partial charge in [0.05, 0.1) is 18.6 Å². The van der Waals surface area contributed by atoms with E-state index >= 15 is 0 Å². The molecule has 0 spiro atoms. The predicted octanol–water partition coefficient (Wildman–Crippen LogP) is 2.56. The Morgan fingerprint density at radius 2 is 2.17 bits per heavy atom. The van der Waals surface area contributed by atoms with E-state index in [0.29, 0.717) is 6.42 Å². The number of carbonyl (C=O) groups excluding carboxylic acids is 1. The molecule has 0 bridgehead atoms. The molecule has 0 aromatic heterocycles. The predicted molar refractivity (Wildman–Crippen MR) is 64.8 cm³/mol. The molecule has 0 aliphatic carbocycles. The molecule has 98 valence electrons. The summed E-state index contributed by atoms with van der Waals surface area (Å²) in [6.07, 6.45) is 1.59. The molecule has 0 amide bonds. The first-order valence-electron chi connectivity index (χ1n) is 5.60. The number of nitrogens with zero attached hydrogens (tertiary/aromatic N) is 1. The van der Waals surface area contributed by atoms with Crippen molar-refractivity contribution in [2.45, 2.75) is 19.8 Å². The van der Waals surface area contributed by atoms with Crippen LogP contribution in [0.25, 0.3) is 0 Å². The molecular weight excluding hydrogens is 238 g/mol. The Labute approximate surface area is 105 Å². The minimum absolute atomic E-state index is 0.138. The smallest absolute Gasteiger partial charge is 0.349 e. The highest BCUT2D eigenvalue weighted by molar-refractivity contribution is 5.97. The minimum Gasteiger partial charge on any atom is -0.496 e. The Bertz CT molecular complexity index is 444. The number of benzene rings is 1. The molecular formula is C12H15NO5. The number of rotatable bonds is 6. The summed E-state index contributed by atoms with van der Waals surface area (Å²) in [6, 6.07) is 4.20. The van der Waals surface area contributed by atoms with Gasteiger partial charge < -0.3 is 9.47 Å². The van der Waals surface area contributed by atoms with Crippen LogP contribution < -0.4 is 4.74 Å².